The maximum absolute atomic E-state index is 4.36. The summed E-state index contributed by atoms with van der Waals surface area (Å²) in [4.78, 5) is 5.86. The van der Waals surface area contributed by atoms with Crippen LogP contribution in [0, 0.1) is 0 Å². The van der Waals surface area contributed by atoms with Gasteiger partial charge in [-0.15, -0.1) is 11.3 Å². The van der Waals surface area contributed by atoms with Crippen LogP contribution in [-0.2, 0) is 12.8 Å². The third kappa shape index (κ3) is 2.09. The average molecular weight is 196 g/mol. The minimum atomic E-state index is 0.702. The summed E-state index contributed by atoms with van der Waals surface area (Å²) in [6.45, 7) is 3.37. The molecule has 1 N–H and O–H groups in total. The normalized spacial score (nSPS) is 21.5. The molecule has 0 fully saturated rings. The number of nitrogens with zero attached hydrogens (tertiary/aromatic N) is 1. The highest BCUT2D eigenvalue weighted by Gasteiger charge is 2.19. The van der Waals surface area contributed by atoms with Gasteiger partial charge in [-0.25, -0.2) is 4.98 Å². The number of hydrogen-bond donors (Lipinski definition) is 1. The van der Waals surface area contributed by atoms with E-state index < -0.39 is 0 Å². The molecule has 2 nitrogen and oxygen atoms in total. The Morgan fingerprint density at radius 3 is 3.46 bits per heavy atom. The molecule has 1 aromatic rings. The molecule has 0 aromatic carbocycles. The van der Waals surface area contributed by atoms with Crippen molar-refractivity contribution in [1.29, 1.82) is 0 Å². The van der Waals surface area contributed by atoms with Crippen LogP contribution in [-0.4, -0.2) is 17.6 Å². The molecule has 0 spiro atoms. The lowest BCUT2D eigenvalue weighted by Gasteiger charge is -2.22. The lowest BCUT2D eigenvalue weighted by Crippen LogP contribution is -2.34. The average Bonchev–Trinajstić information content (AvgIpc) is 2.61. The summed E-state index contributed by atoms with van der Waals surface area (Å²) in [5.74, 6) is 0. The van der Waals surface area contributed by atoms with E-state index in [2.05, 4.69) is 17.2 Å². The molecule has 0 saturated heterocycles. The van der Waals surface area contributed by atoms with Gasteiger partial charge in [-0.05, 0) is 32.2 Å². The topological polar surface area (TPSA) is 24.9 Å². The lowest BCUT2D eigenvalue weighted by atomic mass is 9.98. The van der Waals surface area contributed by atoms with Gasteiger partial charge in [-0.2, -0.15) is 0 Å². The highest BCUT2D eigenvalue weighted by molar-refractivity contribution is 7.09. The Bertz CT molecular complexity index is 270. The summed E-state index contributed by atoms with van der Waals surface area (Å²) < 4.78 is 0. The number of nitrogens with one attached hydrogen (secondary N) is 1. The molecular formula is C10H16N2S. The van der Waals surface area contributed by atoms with Gasteiger partial charge in [0.1, 0.15) is 0 Å². The van der Waals surface area contributed by atoms with Crippen molar-refractivity contribution >= 4 is 11.3 Å². The monoisotopic (exact) mass is 196 g/mol. The lowest BCUT2D eigenvalue weighted by molar-refractivity contribution is 0.459. The summed E-state index contributed by atoms with van der Waals surface area (Å²) in [6, 6.07) is 0.702. The molecule has 1 atom stereocenters. The van der Waals surface area contributed by atoms with Gasteiger partial charge in [-0.3, -0.25) is 0 Å². The Hall–Kier alpha value is -0.410. The first kappa shape index (κ1) is 9.16. The molecule has 0 bridgehead atoms. The van der Waals surface area contributed by atoms with Crippen molar-refractivity contribution in [3.05, 3.63) is 16.1 Å². The molecule has 0 radical (unpaired) electrons. The van der Waals surface area contributed by atoms with Crippen LogP contribution >= 0.6 is 11.3 Å². The molecule has 13 heavy (non-hydrogen) atoms. The highest BCUT2D eigenvalue weighted by Crippen LogP contribution is 2.23. The summed E-state index contributed by atoms with van der Waals surface area (Å²) in [5.41, 5.74) is 3.33. The van der Waals surface area contributed by atoms with Crippen molar-refractivity contribution in [2.75, 3.05) is 6.54 Å². The van der Waals surface area contributed by atoms with E-state index in [0.29, 0.717) is 6.04 Å². The van der Waals surface area contributed by atoms with Gasteiger partial charge in [0.2, 0.25) is 0 Å². The standard InChI is InChI=1S/C10H16N2S/c1-2-5-11-8-3-4-9-10(6-8)13-7-12-9/h7-8,11H,2-6H2,1H3. The molecule has 0 amide bonds. The van der Waals surface area contributed by atoms with Crippen LogP contribution in [0.2, 0.25) is 0 Å². The largest absolute Gasteiger partial charge is 0.314 e. The van der Waals surface area contributed by atoms with Gasteiger partial charge in [0.15, 0.2) is 0 Å². The molecule has 72 valence electrons. The van der Waals surface area contributed by atoms with Gasteiger partial charge in [0.05, 0.1) is 11.2 Å². The molecular weight excluding hydrogens is 180 g/mol. The molecule has 1 aliphatic rings. The minimum absolute atomic E-state index is 0.702. The van der Waals surface area contributed by atoms with Crippen molar-refractivity contribution in [3.63, 3.8) is 0 Å². The fourth-order valence-corrected chi connectivity index (χ4v) is 2.72. The second-order valence-electron chi connectivity index (χ2n) is 3.62. The summed E-state index contributed by atoms with van der Waals surface area (Å²) >= 11 is 1.81. The van der Waals surface area contributed by atoms with Gasteiger partial charge in [0.25, 0.3) is 0 Å². The number of aryl methyl sites for hydroxylation is 1. The zero-order valence-corrected chi connectivity index (χ0v) is 8.86. The van der Waals surface area contributed by atoms with E-state index in [1.807, 2.05) is 16.8 Å². The van der Waals surface area contributed by atoms with Gasteiger partial charge in [-0.1, -0.05) is 6.92 Å². The van der Waals surface area contributed by atoms with Crippen molar-refractivity contribution in [1.82, 2.24) is 10.3 Å². The first-order valence-electron chi connectivity index (χ1n) is 5.04. The maximum Gasteiger partial charge on any atom is 0.0797 e. The van der Waals surface area contributed by atoms with Crippen molar-refractivity contribution < 1.29 is 0 Å². The number of aromatic nitrogens is 1. The Kier molecular flexibility index (Phi) is 2.96. The van der Waals surface area contributed by atoms with Crippen LogP contribution in [0.4, 0.5) is 0 Å². The van der Waals surface area contributed by atoms with Crippen LogP contribution in [0.3, 0.4) is 0 Å². The molecule has 1 unspecified atom stereocenters. The molecule has 0 aliphatic heterocycles. The van der Waals surface area contributed by atoms with E-state index in [0.717, 1.165) is 6.54 Å². The summed E-state index contributed by atoms with van der Waals surface area (Å²) in [6.07, 6.45) is 4.85. The zero-order chi connectivity index (χ0) is 9.10. The van der Waals surface area contributed by atoms with Crippen LogP contribution in [0.25, 0.3) is 0 Å². The van der Waals surface area contributed by atoms with Crippen LogP contribution < -0.4 is 5.32 Å². The number of rotatable bonds is 3. The fraction of sp³-hybridized carbons (Fsp3) is 0.700. The number of thiazole rings is 1. The predicted molar refractivity (Wildman–Crippen MR) is 56.2 cm³/mol. The van der Waals surface area contributed by atoms with E-state index in [1.165, 1.54) is 36.3 Å². The quantitative estimate of drug-likeness (QED) is 0.800. The molecule has 3 heteroatoms. The minimum Gasteiger partial charge on any atom is -0.314 e. The predicted octanol–water partition coefficient (Wildman–Crippen LogP) is 2.00. The third-order valence-corrected chi connectivity index (χ3v) is 3.47. The molecule has 1 aliphatic carbocycles. The maximum atomic E-state index is 4.36. The van der Waals surface area contributed by atoms with Crippen molar-refractivity contribution in [2.45, 2.75) is 38.6 Å². The first-order valence-corrected chi connectivity index (χ1v) is 5.92. The zero-order valence-electron chi connectivity index (χ0n) is 8.05. The number of hydrogen-bond acceptors (Lipinski definition) is 3. The Labute approximate surface area is 83.4 Å². The Morgan fingerprint density at radius 1 is 1.69 bits per heavy atom. The van der Waals surface area contributed by atoms with E-state index in [-0.39, 0.29) is 0 Å². The van der Waals surface area contributed by atoms with E-state index in [1.54, 1.807) is 0 Å². The highest BCUT2D eigenvalue weighted by atomic mass is 32.1. The Morgan fingerprint density at radius 2 is 2.62 bits per heavy atom. The second kappa shape index (κ2) is 4.20. The first-order chi connectivity index (χ1) is 6.40. The summed E-state index contributed by atoms with van der Waals surface area (Å²) in [5, 5.41) is 3.58. The van der Waals surface area contributed by atoms with Crippen LogP contribution in [0.1, 0.15) is 30.3 Å². The van der Waals surface area contributed by atoms with Gasteiger partial charge < -0.3 is 5.32 Å². The van der Waals surface area contributed by atoms with Gasteiger partial charge in [0, 0.05) is 10.9 Å². The fourth-order valence-electron chi connectivity index (χ4n) is 1.82. The third-order valence-electron chi connectivity index (χ3n) is 2.57. The molecule has 1 aromatic heterocycles. The smallest absolute Gasteiger partial charge is 0.0797 e. The van der Waals surface area contributed by atoms with Crippen LogP contribution in [0.15, 0.2) is 5.51 Å². The van der Waals surface area contributed by atoms with Crippen molar-refractivity contribution in [3.8, 4) is 0 Å². The van der Waals surface area contributed by atoms with E-state index >= 15 is 0 Å². The SMILES string of the molecule is CCCNC1CCc2ncsc2C1. The summed E-state index contributed by atoms with van der Waals surface area (Å²) in [7, 11) is 0. The van der Waals surface area contributed by atoms with E-state index in [9.17, 15) is 0 Å². The second-order valence-corrected chi connectivity index (χ2v) is 4.56. The Balaban J connectivity index is 1.93. The molecule has 1 heterocycles. The number of fused-ring (bicyclic) bond motifs is 1. The van der Waals surface area contributed by atoms with E-state index in [4.69, 9.17) is 0 Å². The van der Waals surface area contributed by atoms with Crippen LogP contribution in [0.5, 0.6) is 0 Å². The molecule has 0 saturated carbocycles. The van der Waals surface area contributed by atoms with Gasteiger partial charge >= 0.3 is 0 Å². The molecule has 2 rings (SSSR count). The van der Waals surface area contributed by atoms with Crippen molar-refractivity contribution in [2.24, 2.45) is 0 Å².